The van der Waals surface area contributed by atoms with Crippen LogP contribution >= 0.6 is 27.3 Å². The summed E-state index contributed by atoms with van der Waals surface area (Å²) in [5.74, 6) is 2.35. The molecule has 2 aromatic rings. The molecule has 3 rings (SSSR count). The molecule has 0 radical (unpaired) electrons. The fourth-order valence-electron chi connectivity index (χ4n) is 2.33. The fourth-order valence-corrected chi connectivity index (χ4v) is 4.62. The van der Waals surface area contributed by atoms with Crippen molar-refractivity contribution >= 4 is 55.2 Å². The van der Waals surface area contributed by atoms with Crippen LogP contribution in [0.3, 0.4) is 0 Å². The molecule has 122 valence electrons. The standard InChI is InChI=1S/C17H12BrNO3S2/c1-17(9-11-8-14(16(19)20)23-15(11)10-17)6-7-24(21,22)13-4-2-12(18)3-5-13/h2-5,8-10H,1H3,(H2,19,20). The van der Waals surface area contributed by atoms with Gasteiger partial charge in [0, 0.05) is 14.3 Å². The minimum absolute atomic E-state index is 0.158. The number of thiophene rings is 1. The molecule has 0 saturated carbocycles. The van der Waals surface area contributed by atoms with Crippen molar-refractivity contribution in [3.8, 4) is 11.2 Å². The first-order valence-electron chi connectivity index (χ1n) is 6.89. The second-order valence-electron chi connectivity index (χ2n) is 5.55. The lowest BCUT2D eigenvalue weighted by Gasteiger charge is -2.09. The van der Waals surface area contributed by atoms with E-state index in [-0.39, 0.29) is 4.90 Å². The van der Waals surface area contributed by atoms with Crippen LogP contribution in [0, 0.1) is 16.6 Å². The van der Waals surface area contributed by atoms with E-state index < -0.39 is 21.2 Å². The Hall–Kier alpha value is -1.88. The molecule has 0 saturated heterocycles. The van der Waals surface area contributed by atoms with Crippen LogP contribution in [0.1, 0.15) is 16.6 Å². The van der Waals surface area contributed by atoms with Crippen molar-refractivity contribution in [1.82, 2.24) is 0 Å². The maximum absolute atomic E-state index is 12.3. The molecular weight excluding hydrogens is 410 g/mol. The Morgan fingerprint density at radius 1 is 1.25 bits per heavy atom. The van der Waals surface area contributed by atoms with Gasteiger partial charge in [0.05, 0.1) is 15.2 Å². The highest BCUT2D eigenvalue weighted by Gasteiger charge is 2.22. The highest BCUT2D eigenvalue weighted by atomic mass is 79.9. The smallest absolute Gasteiger partial charge is 0.258 e. The number of nitrogens with two attached hydrogens (primary N) is 1. The Balaban J connectivity index is 1.96. The summed E-state index contributed by atoms with van der Waals surface area (Å²) in [5, 5.41) is 3.25. The van der Waals surface area contributed by atoms with Gasteiger partial charge in [-0.3, -0.25) is 4.79 Å². The Kier molecular flexibility index (Phi) is 4.16. The first kappa shape index (κ1) is 17.0. The summed E-state index contributed by atoms with van der Waals surface area (Å²) < 4.78 is 26.3. The number of carbonyl (C=O) groups excluding carboxylic acids is 1. The lowest BCUT2D eigenvalue weighted by Crippen LogP contribution is -2.12. The molecule has 0 fully saturated rings. The third-order valence-corrected chi connectivity index (χ3v) is 6.40. The molecule has 7 heteroatoms. The van der Waals surface area contributed by atoms with E-state index in [0.29, 0.717) is 4.88 Å². The zero-order chi connectivity index (χ0) is 17.5. The van der Waals surface area contributed by atoms with Crippen molar-refractivity contribution in [3.05, 3.63) is 49.4 Å². The van der Waals surface area contributed by atoms with Gasteiger partial charge < -0.3 is 5.73 Å². The highest BCUT2D eigenvalue weighted by molar-refractivity contribution is 9.10. The monoisotopic (exact) mass is 421 g/mol. The van der Waals surface area contributed by atoms with Crippen LogP contribution in [0.5, 0.6) is 0 Å². The Bertz CT molecular complexity index is 1080. The number of primary amides is 1. The maximum Gasteiger partial charge on any atom is 0.258 e. The van der Waals surface area contributed by atoms with Crippen LogP contribution in [-0.4, -0.2) is 14.3 Å². The highest BCUT2D eigenvalue weighted by Crippen LogP contribution is 2.24. The molecule has 1 unspecified atom stereocenters. The van der Waals surface area contributed by atoms with Gasteiger partial charge in [-0.05, 0) is 48.6 Å². The molecule has 1 aromatic heterocycles. The fraction of sp³-hybridized carbons (Fsp3) is 0.118. The molecule has 1 atom stereocenters. The van der Waals surface area contributed by atoms with Crippen LogP contribution < -0.4 is 15.5 Å². The van der Waals surface area contributed by atoms with Crippen molar-refractivity contribution in [2.24, 2.45) is 11.1 Å². The zero-order valence-electron chi connectivity index (χ0n) is 12.5. The largest absolute Gasteiger partial charge is 0.365 e. The van der Waals surface area contributed by atoms with Gasteiger partial charge in [0.25, 0.3) is 5.91 Å². The van der Waals surface area contributed by atoms with E-state index in [2.05, 4.69) is 27.1 Å². The predicted octanol–water partition coefficient (Wildman–Crippen LogP) is 1.63. The normalized spacial score (nSPS) is 18.8. The molecule has 1 amide bonds. The molecule has 1 heterocycles. The van der Waals surface area contributed by atoms with Crippen LogP contribution in [0.4, 0.5) is 0 Å². The number of amides is 1. The molecule has 2 N–H and O–H groups in total. The molecular formula is C17H12BrNO3S2. The minimum Gasteiger partial charge on any atom is -0.365 e. The summed E-state index contributed by atoms with van der Waals surface area (Å²) in [4.78, 5) is 11.8. The first-order chi connectivity index (χ1) is 11.2. The summed E-state index contributed by atoms with van der Waals surface area (Å²) >= 11 is 4.55. The molecule has 1 aliphatic rings. The molecule has 1 aliphatic carbocycles. The summed E-state index contributed by atoms with van der Waals surface area (Å²) in [7, 11) is -3.69. The number of halogens is 1. The Morgan fingerprint density at radius 2 is 1.92 bits per heavy atom. The topological polar surface area (TPSA) is 77.2 Å². The molecule has 0 aliphatic heterocycles. The van der Waals surface area contributed by atoms with Crippen LogP contribution in [0.15, 0.2) is 39.7 Å². The van der Waals surface area contributed by atoms with E-state index in [1.54, 1.807) is 18.2 Å². The molecule has 24 heavy (non-hydrogen) atoms. The predicted molar refractivity (Wildman–Crippen MR) is 98.2 cm³/mol. The van der Waals surface area contributed by atoms with Gasteiger partial charge in [-0.15, -0.1) is 11.3 Å². The number of hydrogen-bond acceptors (Lipinski definition) is 4. The van der Waals surface area contributed by atoms with Gasteiger partial charge in [-0.2, -0.15) is 0 Å². The van der Waals surface area contributed by atoms with Gasteiger partial charge in [0.1, 0.15) is 0 Å². The van der Waals surface area contributed by atoms with Gasteiger partial charge in [0.2, 0.25) is 9.84 Å². The lowest BCUT2D eigenvalue weighted by atomic mass is 9.94. The van der Waals surface area contributed by atoms with Gasteiger partial charge >= 0.3 is 0 Å². The van der Waals surface area contributed by atoms with Crippen molar-refractivity contribution < 1.29 is 13.2 Å². The van der Waals surface area contributed by atoms with Gasteiger partial charge in [-0.25, -0.2) is 8.42 Å². The van der Waals surface area contributed by atoms with Gasteiger partial charge in [-0.1, -0.05) is 27.9 Å². The third kappa shape index (κ3) is 3.31. The van der Waals surface area contributed by atoms with Crippen LogP contribution in [0.25, 0.3) is 12.2 Å². The second-order valence-corrected chi connectivity index (χ2v) is 9.23. The number of benzene rings is 1. The average molecular weight is 422 g/mol. The minimum atomic E-state index is -3.69. The number of carbonyl (C=O) groups is 1. The van der Waals surface area contributed by atoms with E-state index in [9.17, 15) is 13.2 Å². The number of fused-ring (bicyclic) bond motifs is 1. The molecule has 4 nitrogen and oxygen atoms in total. The molecule has 0 spiro atoms. The lowest BCUT2D eigenvalue weighted by molar-refractivity contribution is 0.100. The third-order valence-electron chi connectivity index (χ3n) is 3.50. The number of sulfone groups is 1. The quantitative estimate of drug-likeness (QED) is 0.591. The number of hydrogen-bond donors (Lipinski definition) is 1. The van der Waals surface area contributed by atoms with Crippen molar-refractivity contribution in [2.45, 2.75) is 11.8 Å². The van der Waals surface area contributed by atoms with Crippen molar-refractivity contribution in [2.75, 3.05) is 0 Å². The van der Waals surface area contributed by atoms with E-state index in [4.69, 9.17) is 5.73 Å². The summed E-state index contributed by atoms with van der Waals surface area (Å²) in [6.07, 6.45) is 3.69. The SMILES string of the molecule is CC1(C#CS(=O)(=O)c2ccc(Br)cc2)C=c2cc(C(N)=O)sc2=C1. The van der Waals surface area contributed by atoms with Gasteiger partial charge in [0.15, 0.2) is 0 Å². The van der Waals surface area contributed by atoms with E-state index in [0.717, 1.165) is 14.2 Å². The van der Waals surface area contributed by atoms with Crippen molar-refractivity contribution in [1.29, 1.82) is 0 Å². The van der Waals surface area contributed by atoms with Crippen LogP contribution in [-0.2, 0) is 9.84 Å². The average Bonchev–Trinajstić information content (AvgIpc) is 3.01. The second kappa shape index (κ2) is 5.88. The van der Waals surface area contributed by atoms with E-state index >= 15 is 0 Å². The summed E-state index contributed by atoms with van der Waals surface area (Å²) in [6.45, 7) is 1.83. The number of rotatable bonds is 2. The van der Waals surface area contributed by atoms with E-state index in [1.165, 1.54) is 23.5 Å². The van der Waals surface area contributed by atoms with Crippen molar-refractivity contribution in [3.63, 3.8) is 0 Å². The first-order valence-corrected chi connectivity index (χ1v) is 9.98. The summed E-state index contributed by atoms with van der Waals surface area (Å²) in [5.41, 5.74) is 4.57. The summed E-state index contributed by atoms with van der Waals surface area (Å²) in [6, 6.07) is 8.04. The maximum atomic E-state index is 12.3. The van der Waals surface area contributed by atoms with E-state index in [1.807, 2.05) is 19.1 Å². The molecule has 1 aromatic carbocycles. The molecule has 0 bridgehead atoms. The Morgan fingerprint density at radius 3 is 2.50 bits per heavy atom. The zero-order valence-corrected chi connectivity index (χ0v) is 15.8. The van der Waals surface area contributed by atoms with Crippen LogP contribution in [0.2, 0.25) is 0 Å². The Labute approximate surface area is 151 Å².